The second kappa shape index (κ2) is 5.48. The standard InChI is InChI=1S/C20H18FNO2/c1-12-9-10-22-17-11-14(21)5-8-16(17)18(19(12)22)20(23)13-3-6-15(24-2)7-4-13/h3-8,11-12H,9-10H2,1-2H3/t12-/m1/s1. The summed E-state index contributed by atoms with van der Waals surface area (Å²) in [5.41, 5.74) is 3.16. The molecule has 0 spiro atoms. The molecule has 0 saturated heterocycles. The third-order valence-corrected chi connectivity index (χ3v) is 4.90. The molecule has 0 radical (unpaired) electrons. The first-order chi connectivity index (χ1) is 11.6. The van der Waals surface area contributed by atoms with Gasteiger partial charge in [-0.15, -0.1) is 0 Å². The lowest BCUT2D eigenvalue weighted by Gasteiger charge is -2.07. The fourth-order valence-corrected chi connectivity index (χ4v) is 3.68. The van der Waals surface area contributed by atoms with E-state index >= 15 is 0 Å². The van der Waals surface area contributed by atoms with Crippen molar-refractivity contribution in [2.75, 3.05) is 7.11 Å². The monoisotopic (exact) mass is 323 g/mol. The first-order valence-corrected chi connectivity index (χ1v) is 8.10. The van der Waals surface area contributed by atoms with Crippen LogP contribution in [0.25, 0.3) is 10.9 Å². The summed E-state index contributed by atoms with van der Waals surface area (Å²) >= 11 is 0. The lowest BCUT2D eigenvalue weighted by Crippen LogP contribution is -2.05. The number of aromatic nitrogens is 1. The minimum absolute atomic E-state index is 0.0169. The Balaban J connectivity index is 1.92. The van der Waals surface area contributed by atoms with Gasteiger partial charge in [0.2, 0.25) is 0 Å². The average molecular weight is 323 g/mol. The van der Waals surface area contributed by atoms with E-state index in [1.807, 2.05) is 0 Å². The number of halogens is 1. The van der Waals surface area contributed by atoms with Crippen molar-refractivity contribution < 1.29 is 13.9 Å². The molecule has 0 N–H and O–H groups in total. The van der Waals surface area contributed by atoms with E-state index in [4.69, 9.17) is 4.74 Å². The van der Waals surface area contributed by atoms with E-state index < -0.39 is 0 Å². The maximum Gasteiger partial charge on any atom is 0.195 e. The van der Waals surface area contributed by atoms with Crippen molar-refractivity contribution in [3.63, 3.8) is 0 Å². The molecule has 0 bridgehead atoms. The van der Waals surface area contributed by atoms with Gasteiger partial charge in [-0.3, -0.25) is 4.79 Å². The van der Waals surface area contributed by atoms with Crippen LogP contribution in [0.2, 0.25) is 0 Å². The summed E-state index contributed by atoms with van der Waals surface area (Å²) in [4.78, 5) is 13.2. The van der Waals surface area contributed by atoms with Gasteiger partial charge in [0.25, 0.3) is 0 Å². The van der Waals surface area contributed by atoms with Crippen LogP contribution in [0.1, 0.15) is 40.9 Å². The first kappa shape index (κ1) is 14.9. The zero-order valence-corrected chi connectivity index (χ0v) is 13.7. The number of methoxy groups -OCH3 is 1. The van der Waals surface area contributed by atoms with Crippen molar-refractivity contribution in [2.45, 2.75) is 25.8 Å². The van der Waals surface area contributed by atoms with Crippen LogP contribution in [-0.4, -0.2) is 17.5 Å². The van der Waals surface area contributed by atoms with E-state index in [0.29, 0.717) is 16.9 Å². The van der Waals surface area contributed by atoms with E-state index in [1.54, 1.807) is 37.4 Å². The number of rotatable bonds is 3. The normalized spacial score (nSPS) is 16.4. The van der Waals surface area contributed by atoms with Crippen molar-refractivity contribution in [3.8, 4) is 5.75 Å². The summed E-state index contributed by atoms with van der Waals surface area (Å²) in [5, 5.41) is 0.832. The molecule has 0 aliphatic carbocycles. The zero-order chi connectivity index (χ0) is 16.8. The molecular formula is C20H18FNO2. The number of carbonyl (C=O) groups is 1. The highest BCUT2D eigenvalue weighted by atomic mass is 19.1. The Morgan fingerprint density at radius 2 is 1.96 bits per heavy atom. The Kier molecular flexibility index (Phi) is 3.41. The first-order valence-electron chi connectivity index (χ1n) is 8.10. The largest absolute Gasteiger partial charge is 0.497 e. The summed E-state index contributed by atoms with van der Waals surface area (Å²) in [6.45, 7) is 2.95. The highest BCUT2D eigenvalue weighted by Crippen LogP contribution is 2.39. The molecule has 3 nitrogen and oxygen atoms in total. The van der Waals surface area contributed by atoms with Gasteiger partial charge < -0.3 is 9.30 Å². The molecular weight excluding hydrogens is 305 g/mol. The molecule has 4 heteroatoms. The molecule has 0 unspecified atom stereocenters. The fourth-order valence-electron chi connectivity index (χ4n) is 3.68. The van der Waals surface area contributed by atoms with Crippen molar-refractivity contribution in [1.82, 2.24) is 4.57 Å². The molecule has 1 aromatic heterocycles. The second-order valence-electron chi connectivity index (χ2n) is 6.32. The highest BCUT2D eigenvalue weighted by Gasteiger charge is 2.30. The Morgan fingerprint density at radius 3 is 2.67 bits per heavy atom. The third-order valence-electron chi connectivity index (χ3n) is 4.90. The Morgan fingerprint density at radius 1 is 1.21 bits per heavy atom. The summed E-state index contributed by atoms with van der Waals surface area (Å²) in [6.07, 6.45) is 0.977. The number of fused-ring (bicyclic) bond motifs is 3. The zero-order valence-electron chi connectivity index (χ0n) is 13.7. The van der Waals surface area contributed by atoms with E-state index in [-0.39, 0.29) is 17.5 Å². The molecule has 2 aromatic carbocycles. The van der Waals surface area contributed by atoms with E-state index in [1.165, 1.54) is 12.1 Å². The van der Waals surface area contributed by atoms with Crippen LogP contribution in [0.4, 0.5) is 4.39 Å². The van der Waals surface area contributed by atoms with Crippen LogP contribution in [0.3, 0.4) is 0 Å². The number of aryl methyl sites for hydroxylation is 1. The lowest BCUT2D eigenvalue weighted by atomic mass is 9.95. The molecule has 1 aliphatic rings. The maximum atomic E-state index is 13.7. The van der Waals surface area contributed by atoms with Gasteiger partial charge in [0, 0.05) is 23.2 Å². The van der Waals surface area contributed by atoms with Gasteiger partial charge in [-0.05, 0) is 54.8 Å². The van der Waals surface area contributed by atoms with Crippen LogP contribution in [0.5, 0.6) is 5.75 Å². The molecule has 122 valence electrons. The van der Waals surface area contributed by atoms with Gasteiger partial charge in [0.15, 0.2) is 5.78 Å². The Hall–Kier alpha value is -2.62. The number of carbonyl (C=O) groups excluding carboxylic acids is 1. The van der Waals surface area contributed by atoms with Gasteiger partial charge in [-0.1, -0.05) is 6.92 Å². The number of nitrogens with zero attached hydrogens (tertiary/aromatic N) is 1. The minimum Gasteiger partial charge on any atom is -0.497 e. The highest BCUT2D eigenvalue weighted by molar-refractivity contribution is 6.17. The van der Waals surface area contributed by atoms with Crippen LogP contribution < -0.4 is 4.74 Å². The predicted octanol–water partition coefficient (Wildman–Crippen LogP) is 4.53. The Bertz CT molecular complexity index is 940. The summed E-state index contributed by atoms with van der Waals surface area (Å²) in [6, 6.07) is 11.8. The molecule has 24 heavy (non-hydrogen) atoms. The Labute approximate surface area is 139 Å². The third kappa shape index (κ3) is 2.13. The number of hydrogen-bond acceptors (Lipinski definition) is 2. The van der Waals surface area contributed by atoms with Gasteiger partial charge in [0.05, 0.1) is 18.2 Å². The lowest BCUT2D eigenvalue weighted by molar-refractivity contribution is 0.103. The van der Waals surface area contributed by atoms with Crippen LogP contribution in [0, 0.1) is 5.82 Å². The minimum atomic E-state index is -0.272. The van der Waals surface area contributed by atoms with Gasteiger partial charge in [-0.25, -0.2) is 4.39 Å². The van der Waals surface area contributed by atoms with Gasteiger partial charge >= 0.3 is 0 Å². The molecule has 0 fully saturated rings. The predicted molar refractivity (Wildman–Crippen MR) is 91.4 cm³/mol. The fraction of sp³-hybridized carbons (Fsp3) is 0.250. The van der Waals surface area contributed by atoms with E-state index in [2.05, 4.69) is 11.5 Å². The molecule has 0 saturated carbocycles. The topological polar surface area (TPSA) is 31.2 Å². The van der Waals surface area contributed by atoms with Gasteiger partial charge in [-0.2, -0.15) is 0 Å². The molecule has 0 amide bonds. The number of benzene rings is 2. The van der Waals surface area contributed by atoms with Crippen molar-refractivity contribution in [2.24, 2.45) is 0 Å². The average Bonchev–Trinajstić information content (AvgIpc) is 3.12. The molecule has 4 rings (SSSR count). The maximum absolute atomic E-state index is 13.7. The second-order valence-corrected chi connectivity index (χ2v) is 6.32. The van der Waals surface area contributed by atoms with E-state index in [9.17, 15) is 9.18 Å². The van der Waals surface area contributed by atoms with Crippen molar-refractivity contribution in [1.29, 1.82) is 0 Å². The van der Waals surface area contributed by atoms with Crippen LogP contribution in [-0.2, 0) is 6.54 Å². The number of ketones is 1. The summed E-state index contributed by atoms with van der Waals surface area (Å²) < 4.78 is 21.0. The van der Waals surface area contributed by atoms with Crippen molar-refractivity contribution in [3.05, 3.63) is 65.1 Å². The van der Waals surface area contributed by atoms with Gasteiger partial charge in [0.1, 0.15) is 11.6 Å². The molecule has 1 atom stereocenters. The van der Waals surface area contributed by atoms with Crippen LogP contribution >= 0.6 is 0 Å². The van der Waals surface area contributed by atoms with Crippen molar-refractivity contribution >= 4 is 16.7 Å². The quantitative estimate of drug-likeness (QED) is 0.663. The number of ether oxygens (including phenoxy) is 1. The molecule has 3 aromatic rings. The smallest absolute Gasteiger partial charge is 0.195 e. The molecule has 2 heterocycles. The van der Waals surface area contributed by atoms with E-state index in [0.717, 1.165) is 29.6 Å². The summed E-state index contributed by atoms with van der Waals surface area (Å²) in [7, 11) is 1.60. The number of hydrogen-bond donors (Lipinski definition) is 0. The SMILES string of the molecule is COc1ccc(C(=O)c2c3n(c4cc(F)ccc24)CC[C@H]3C)cc1. The van der Waals surface area contributed by atoms with Crippen LogP contribution in [0.15, 0.2) is 42.5 Å². The molecule has 1 aliphatic heterocycles. The summed E-state index contributed by atoms with van der Waals surface area (Å²) in [5.74, 6) is 0.717.